The summed E-state index contributed by atoms with van der Waals surface area (Å²) in [6, 6.07) is 10.8. The molecule has 0 radical (unpaired) electrons. The molecule has 0 bridgehead atoms. The lowest BCUT2D eigenvalue weighted by molar-refractivity contribution is 0.825. The summed E-state index contributed by atoms with van der Waals surface area (Å²) in [7, 11) is 0. The summed E-state index contributed by atoms with van der Waals surface area (Å²) in [6.07, 6.45) is 4.61. The van der Waals surface area contributed by atoms with E-state index in [2.05, 4.69) is 26.3 Å². The largest absolute Gasteiger partial charge is 0.355 e. The van der Waals surface area contributed by atoms with Crippen molar-refractivity contribution in [3.05, 3.63) is 74.2 Å². The highest BCUT2D eigenvalue weighted by molar-refractivity contribution is 6.39. The van der Waals surface area contributed by atoms with Crippen molar-refractivity contribution < 1.29 is 0 Å². The van der Waals surface area contributed by atoms with Crippen molar-refractivity contribution in [1.29, 1.82) is 5.26 Å². The second-order valence-electron chi connectivity index (χ2n) is 6.64. The van der Waals surface area contributed by atoms with E-state index in [0.717, 1.165) is 18.5 Å². The van der Waals surface area contributed by atoms with E-state index in [0.29, 0.717) is 55.2 Å². The molecular formula is C21H14Cl4N6. The molecule has 1 N–H and O–H groups in total. The zero-order valence-electron chi connectivity index (χ0n) is 15.9. The van der Waals surface area contributed by atoms with Crippen molar-refractivity contribution in [2.45, 2.75) is 12.8 Å². The Morgan fingerprint density at radius 2 is 1.87 bits per heavy atom. The minimum absolute atomic E-state index is 0.337. The van der Waals surface area contributed by atoms with Crippen molar-refractivity contribution in [3.8, 4) is 17.3 Å². The third-order valence-corrected chi connectivity index (χ3v) is 5.75. The number of nitriles is 1. The Morgan fingerprint density at radius 3 is 2.58 bits per heavy atom. The molecule has 31 heavy (non-hydrogen) atoms. The van der Waals surface area contributed by atoms with E-state index in [1.165, 1.54) is 6.20 Å². The quantitative estimate of drug-likeness (QED) is 0.319. The Balaban J connectivity index is 1.59. The van der Waals surface area contributed by atoms with Crippen LogP contribution in [0.2, 0.25) is 20.2 Å². The summed E-state index contributed by atoms with van der Waals surface area (Å²) in [6.45, 7) is 0.605. The molecule has 0 aliphatic heterocycles. The van der Waals surface area contributed by atoms with Crippen molar-refractivity contribution in [2.24, 2.45) is 0 Å². The van der Waals surface area contributed by atoms with E-state index in [1.807, 2.05) is 6.07 Å². The van der Waals surface area contributed by atoms with Crippen LogP contribution >= 0.6 is 46.4 Å². The van der Waals surface area contributed by atoms with Gasteiger partial charge in [-0.15, -0.1) is 0 Å². The molecule has 10 heteroatoms. The van der Waals surface area contributed by atoms with Gasteiger partial charge >= 0.3 is 0 Å². The van der Waals surface area contributed by atoms with Crippen molar-refractivity contribution in [1.82, 2.24) is 19.4 Å². The van der Waals surface area contributed by atoms with Gasteiger partial charge in [0.25, 0.3) is 0 Å². The number of rotatable bonds is 6. The fourth-order valence-corrected chi connectivity index (χ4v) is 4.07. The Bertz CT molecular complexity index is 1290. The predicted molar refractivity (Wildman–Crippen MR) is 124 cm³/mol. The van der Waals surface area contributed by atoms with Gasteiger partial charge in [0.2, 0.25) is 5.95 Å². The first-order valence-corrected chi connectivity index (χ1v) is 10.8. The second-order valence-corrected chi connectivity index (χ2v) is 8.25. The number of aromatic nitrogens is 4. The molecule has 3 aromatic heterocycles. The van der Waals surface area contributed by atoms with Crippen LogP contribution in [-0.4, -0.2) is 25.9 Å². The molecule has 0 atom stereocenters. The van der Waals surface area contributed by atoms with E-state index in [1.54, 1.807) is 34.9 Å². The van der Waals surface area contributed by atoms with E-state index in [4.69, 9.17) is 51.7 Å². The first-order chi connectivity index (χ1) is 15.0. The van der Waals surface area contributed by atoms with Crippen LogP contribution in [0.1, 0.15) is 17.7 Å². The van der Waals surface area contributed by atoms with Gasteiger partial charge in [-0.05, 0) is 43.2 Å². The lowest BCUT2D eigenvalue weighted by atomic mass is 10.1. The number of aryl methyl sites for hydroxylation is 1. The average molecular weight is 492 g/mol. The summed E-state index contributed by atoms with van der Waals surface area (Å²) in [5, 5.41) is 13.8. The Hall–Kier alpha value is -2.56. The minimum atomic E-state index is 0.337. The summed E-state index contributed by atoms with van der Waals surface area (Å²) in [4.78, 5) is 13.3. The third-order valence-electron chi connectivity index (χ3n) is 4.59. The highest BCUT2D eigenvalue weighted by Crippen LogP contribution is 2.37. The van der Waals surface area contributed by atoms with Crippen molar-refractivity contribution >= 4 is 58.0 Å². The molecule has 0 aliphatic carbocycles. The van der Waals surface area contributed by atoms with Crippen LogP contribution < -0.4 is 5.32 Å². The number of fused-ring (bicyclic) bond motifs is 1. The molecule has 0 unspecified atom stereocenters. The van der Waals surface area contributed by atoms with Gasteiger partial charge in [-0.2, -0.15) is 5.26 Å². The molecule has 156 valence electrons. The van der Waals surface area contributed by atoms with Crippen LogP contribution in [0.4, 0.5) is 5.95 Å². The Kier molecular flexibility index (Phi) is 6.49. The van der Waals surface area contributed by atoms with Crippen LogP contribution in [0.5, 0.6) is 0 Å². The number of nitrogens with one attached hydrogen (secondary N) is 1. The fraction of sp³-hybridized carbons (Fsp3) is 0.143. The lowest BCUT2D eigenvalue weighted by Crippen LogP contribution is -2.10. The summed E-state index contributed by atoms with van der Waals surface area (Å²) < 4.78 is 1.65. The number of halogens is 4. The van der Waals surface area contributed by atoms with Gasteiger partial charge in [0.1, 0.15) is 16.2 Å². The smallest absolute Gasteiger partial charge is 0.210 e. The molecule has 0 aliphatic rings. The third kappa shape index (κ3) is 4.56. The molecule has 3 heterocycles. The fourth-order valence-electron chi connectivity index (χ4n) is 3.09. The number of pyridine rings is 1. The molecule has 0 saturated heterocycles. The first-order valence-electron chi connectivity index (χ1n) is 9.24. The van der Waals surface area contributed by atoms with E-state index >= 15 is 0 Å². The summed E-state index contributed by atoms with van der Waals surface area (Å²) >= 11 is 25.3. The lowest BCUT2D eigenvalue weighted by Gasteiger charge is -2.14. The van der Waals surface area contributed by atoms with Crippen LogP contribution in [0.25, 0.3) is 16.9 Å². The molecular weight excluding hydrogens is 478 g/mol. The van der Waals surface area contributed by atoms with Crippen LogP contribution in [0.15, 0.2) is 42.7 Å². The first kappa shape index (κ1) is 21.7. The highest BCUT2D eigenvalue weighted by atomic mass is 35.5. The molecule has 0 amide bonds. The molecule has 0 fully saturated rings. The van der Waals surface area contributed by atoms with Gasteiger partial charge < -0.3 is 5.32 Å². The van der Waals surface area contributed by atoms with Gasteiger partial charge in [0, 0.05) is 29.0 Å². The maximum absolute atomic E-state index is 8.87. The minimum Gasteiger partial charge on any atom is -0.355 e. The SMILES string of the molecule is N#Cc1ccc(CCCNc2nc(-c3ccc(Cl)cc3Cl)c(Cl)c3ncc(Cl)n23)nc1. The van der Waals surface area contributed by atoms with Gasteiger partial charge in [0.05, 0.1) is 22.5 Å². The molecule has 1 aromatic carbocycles. The van der Waals surface area contributed by atoms with Crippen molar-refractivity contribution in [3.63, 3.8) is 0 Å². The zero-order valence-corrected chi connectivity index (χ0v) is 18.9. The predicted octanol–water partition coefficient (Wildman–Crippen LogP) is 6.32. The monoisotopic (exact) mass is 490 g/mol. The number of anilines is 1. The van der Waals surface area contributed by atoms with Gasteiger partial charge in [-0.3, -0.25) is 9.38 Å². The molecule has 0 saturated carbocycles. The molecule has 0 spiro atoms. The maximum Gasteiger partial charge on any atom is 0.210 e. The normalized spacial score (nSPS) is 10.9. The standard InChI is InChI=1S/C21H14Cl4N6/c22-13-4-6-15(16(23)8-13)19-18(25)20-29-11-17(24)31(20)21(30-19)27-7-1-2-14-5-3-12(9-26)10-28-14/h3-6,8,10-11H,1-2,7H2,(H,27,30). The van der Waals surface area contributed by atoms with Gasteiger partial charge in [0.15, 0.2) is 5.65 Å². The van der Waals surface area contributed by atoms with Gasteiger partial charge in [-0.1, -0.05) is 46.4 Å². The number of imidazole rings is 1. The number of hydrogen-bond donors (Lipinski definition) is 1. The number of hydrogen-bond acceptors (Lipinski definition) is 5. The summed E-state index contributed by atoms with van der Waals surface area (Å²) in [5.74, 6) is 0.496. The van der Waals surface area contributed by atoms with Crippen LogP contribution in [-0.2, 0) is 6.42 Å². The molecule has 4 rings (SSSR count). The second kappa shape index (κ2) is 9.29. The average Bonchev–Trinajstić information content (AvgIpc) is 3.16. The molecule has 4 aromatic rings. The topological polar surface area (TPSA) is 78.9 Å². The number of benzene rings is 1. The van der Waals surface area contributed by atoms with Gasteiger partial charge in [-0.25, -0.2) is 9.97 Å². The highest BCUT2D eigenvalue weighted by Gasteiger charge is 2.19. The zero-order chi connectivity index (χ0) is 22.0. The van der Waals surface area contributed by atoms with Crippen LogP contribution in [0.3, 0.4) is 0 Å². The van der Waals surface area contributed by atoms with E-state index < -0.39 is 0 Å². The molecule has 6 nitrogen and oxygen atoms in total. The maximum atomic E-state index is 8.87. The summed E-state index contributed by atoms with van der Waals surface area (Å²) in [5.41, 5.74) is 3.04. The van der Waals surface area contributed by atoms with Crippen LogP contribution in [0, 0.1) is 11.3 Å². The van der Waals surface area contributed by atoms with E-state index in [9.17, 15) is 0 Å². The number of nitrogens with zero attached hydrogens (tertiary/aromatic N) is 5. The Morgan fingerprint density at radius 1 is 1.03 bits per heavy atom. The Labute approximate surface area is 198 Å². The van der Waals surface area contributed by atoms with E-state index in [-0.39, 0.29) is 0 Å². The van der Waals surface area contributed by atoms with Crippen molar-refractivity contribution in [2.75, 3.05) is 11.9 Å².